The third-order valence-electron chi connectivity index (χ3n) is 4.11. The van der Waals surface area contributed by atoms with Crippen molar-refractivity contribution in [2.45, 2.75) is 32.4 Å². The van der Waals surface area contributed by atoms with Crippen LogP contribution in [0.5, 0.6) is 0 Å². The van der Waals surface area contributed by atoms with Gasteiger partial charge in [0.15, 0.2) is 0 Å². The molecule has 0 aliphatic carbocycles. The molecule has 23 heavy (non-hydrogen) atoms. The number of carbonyl (C=O) groups is 1. The van der Waals surface area contributed by atoms with Gasteiger partial charge >= 0.3 is 0 Å². The van der Waals surface area contributed by atoms with Crippen LogP contribution in [0.2, 0.25) is 0 Å². The molecule has 6 nitrogen and oxygen atoms in total. The Bertz CT molecular complexity index is 756. The molecule has 6 heteroatoms. The van der Waals surface area contributed by atoms with Crippen molar-refractivity contribution in [1.29, 1.82) is 0 Å². The maximum absolute atomic E-state index is 12.4. The van der Waals surface area contributed by atoms with Crippen LogP contribution in [0.25, 0.3) is 10.9 Å². The van der Waals surface area contributed by atoms with Gasteiger partial charge < -0.3 is 9.64 Å². The maximum atomic E-state index is 12.4. The third kappa shape index (κ3) is 3.59. The zero-order chi connectivity index (χ0) is 16.2. The van der Waals surface area contributed by atoms with E-state index in [4.69, 9.17) is 4.74 Å². The van der Waals surface area contributed by atoms with Gasteiger partial charge in [-0.1, -0.05) is 12.1 Å². The molecular weight excluding hydrogens is 294 g/mol. The Labute approximate surface area is 134 Å². The van der Waals surface area contributed by atoms with Gasteiger partial charge in [-0.05, 0) is 25.5 Å². The average molecular weight is 315 g/mol. The van der Waals surface area contributed by atoms with Crippen LogP contribution in [0.1, 0.15) is 19.8 Å². The number of morpholine rings is 1. The Kier molecular flexibility index (Phi) is 4.71. The second-order valence-corrected chi connectivity index (χ2v) is 5.88. The summed E-state index contributed by atoms with van der Waals surface area (Å²) in [7, 11) is 0. The predicted octanol–water partition coefficient (Wildman–Crippen LogP) is 1.42. The SMILES string of the molecule is C[C@@H]1CN(C(=O)CCCn2cnc3ccccc3c2=O)CCO1. The molecular formula is C17H21N3O3. The molecule has 1 aliphatic rings. The van der Waals surface area contributed by atoms with Gasteiger partial charge in [0.25, 0.3) is 5.56 Å². The standard InChI is InChI=1S/C17H21N3O3/c1-13-11-19(9-10-23-13)16(21)7-4-8-20-12-18-15-6-3-2-5-14(15)17(20)22/h2-3,5-6,12-13H,4,7-11H2,1H3/t13-/m1/s1. The van der Waals surface area contributed by atoms with Gasteiger partial charge in [0.2, 0.25) is 5.91 Å². The van der Waals surface area contributed by atoms with Crippen LogP contribution in [0.3, 0.4) is 0 Å². The number of rotatable bonds is 4. The van der Waals surface area contributed by atoms with Gasteiger partial charge in [-0.25, -0.2) is 4.98 Å². The Morgan fingerprint density at radius 2 is 2.22 bits per heavy atom. The highest BCUT2D eigenvalue weighted by Gasteiger charge is 2.20. The number of nitrogens with zero attached hydrogens (tertiary/aromatic N) is 3. The molecule has 1 aliphatic heterocycles. The lowest BCUT2D eigenvalue weighted by Gasteiger charge is -2.31. The first kappa shape index (κ1) is 15.7. The normalized spacial score (nSPS) is 18.3. The third-order valence-corrected chi connectivity index (χ3v) is 4.11. The first-order valence-corrected chi connectivity index (χ1v) is 7.99. The van der Waals surface area contributed by atoms with E-state index in [1.807, 2.05) is 30.0 Å². The summed E-state index contributed by atoms with van der Waals surface area (Å²) in [6, 6.07) is 7.30. The number of benzene rings is 1. The lowest BCUT2D eigenvalue weighted by molar-refractivity contribution is -0.138. The zero-order valence-electron chi connectivity index (χ0n) is 13.3. The Hall–Kier alpha value is -2.21. The second-order valence-electron chi connectivity index (χ2n) is 5.88. The van der Waals surface area contributed by atoms with Crippen molar-refractivity contribution in [3.05, 3.63) is 40.9 Å². The van der Waals surface area contributed by atoms with Gasteiger partial charge in [0.05, 0.1) is 29.9 Å². The number of carbonyl (C=O) groups excluding carboxylic acids is 1. The summed E-state index contributed by atoms with van der Waals surface area (Å²) < 4.78 is 7.02. The van der Waals surface area contributed by atoms with E-state index in [-0.39, 0.29) is 17.6 Å². The number of aryl methyl sites for hydroxylation is 1. The van der Waals surface area contributed by atoms with Gasteiger partial charge in [-0.15, -0.1) is 0 Å². The van der Waals surface area contributed by atoms with Gasteiger partial charge in [-0.2, -0.15) is 0 Å². The fourth-order valence-electron chi connectivity index (χ4n) is 2.87. The minimum atomic E-state index is -0.0527. The van der Waals surface area contributed by atoms with Gasteiger partial charge in [-0.3, -0.25) is 14.2 Å². The zero-order valence-corrected chi connectivity index (χ0v) is 13.3. The molecule has 0 radical (unpaired) electrons. The van der Waals surface area contributed by atoms with Crippen molar-refractivity contribution in [2.75, 3.05) is 19.7 Å². The van der Waals surface area contributed by atoms with Crippen LogP contribution in [0, 0.1) is 0 Å². The summed E-state index contributed by atoms with van der Waals surface area (Å²) in [6.45, 7) is 4.37. The van der Waals surface area contributed by atoms with Gasteiger partial charge in [0.1, 0.15) is 0 Å². The van der Waals surface area contributed by atoms with E-state index in [1.165, 1.54) is 0 Å². The number of hydrogen-bond acceptors (Lipinski definition) is 4. The summed E-state index contributed by atoms with van der Waals surface area (Å²) in [4.78, 5) is 30.7. The van der Waals surface area contributed by atoms with Crippen molar-refractivity contribution in [3.63, 3.8) is 0 Å². The van der Waals surface area contributed by atoms with E-state index in [0.717, 1.165) is 0 Å². The minimum Gasteiger partial charge on any atom is -0.375 e. The number of para-hydroxylation sites is 1. The van der Waals surface area contributed by atoms with Crippen LogP contribution < -0.4 is 5.56 Å². The Balaban J connectivity index is 1.59. The minimum absolute atomic E-state index is 0.0527. The average Bonchev–Trinajstić information content (AvgIpc) is 2.57. The number of amides is 1. The van der Waals surface area contributed by atoms with Crippen LogP contribution in [0.15, 0.2) is 35.4 Å². The highest BCUT2D eigenvalue weighted by atomic mass is 16.5. The van der Waals surface area contributed by atoms with E-state index >= 15 is 0 Å². The Morgan fingerprint density at radius 3 is 3.04 bits per heavy atom. The number of aromatic nitrogens is 2. The van der Waals surface area contributed by atoms with E-state index < -0.39 is 0 Å². The fourth-order valence-corrected chi connectivity index (χ4v) is 2.87. The molecule has 0 unspecified atom stereocenters. The molecule has 3 rings (SSSR count). The molecule has 0 spiro atoms. The van der Waals surface area contributed by atoms with E-state index in [0.29, 0.717) is 50.0 Å². The molecule has 2 heterocycles. The topological polar surface area (TPSA) is 64.4 Å². The number of hydrogen-bond donors (Lipinski definition) is 0. The van der Waals surface area contributed by atoms with Gasteiger partial charge in [0, 0.05) is 26.1 Å². The molecule has 1 amide bonds. The quantitative estimate of drug-likeness (QED) is 0.856. The molecule has 0 bridgehead atoms. The second kappa shape index (κ2) is 6.91. The largest absolute Gasteiger partial charge is 0.375 e. The van der Waals surface area contributed by atoms with Crippen molar-refractivity contribution >= 4 is 16.8 Å². The van der Waals surface area contributed by atoms with Crippen LogP contribution in [-0.4, -0.2) is 46.2 Å². The predicted molar refractivity (Wildman–Crippen MR) is 87.2 cm³/mol. The number of ether oxygens (including phenoxy) is 1. The highest BCUT2D eigenvalue weighted by molar-refractivity contribution is 5.77. The maximum Gasteiger partial charge on any atom is 0.261 e. The smallest absolute Gasteiger partial charge is 0.261 e. The molecule has 1 atom stereocenters. The van der Waals surface area contributed by atoms with Crippen molar-refractivity contribution < 1.29 is 9.53 Å². The summed E-state index contributed by atoms with van der Waals surface area (Å²) >= 11 is 0. The first-order valence-electron chi connectivity index (χ1n) is 7.99. The molecule has 1 saturated heterocycles. The lowest BCUT2D eigenvalue weighted by Crippen LogP contribution is -2.44. The van der Waals surface area contributed by atoms with E-state index in [9.17, 15) is 9.59 Å². The molecule has 1 aromatic carbocycles. The van der Waals surface area contributed by atoms with E-state index in [2.05, 4.69) is 4.98 Å². The molecule has 1 aromatic heterocycles. The molecule has 0 N–H and O–H groups in total. The summed E-state index contributed by atoms with van der Waals surface area (Å²) in [6.07, 6.45) is 2.72. The lowest BCUT2D eigenvalue weighted by atomic mass is 10.2. The van der Waals surface area contributed by atoms with E-state index in [1.54, 1.807) is 17.0 Å². The molecule has 122 valence electrons. The van der Waals surface area contributed by atoms with Crippen molar-refractivity contribution in [1.82, 2.24) is 14.5 Å². The van der Waals surface area contributed by atoms with Crippen molar-refractivity contribution in [2.24, 2.45) is 0 Å². The monoisotopic (exact) mass is 315 g/mol. The van der Waals surface area contributed by atoms with Crippen molar-refractivity contribution in [3.8, 4) is 0 Å². The van der Waals surface area contributed by atoms with Crippen LogP contribution in [0.4, 0.5) is 0 Å². The first-order chi connectivity index (χ1) is 11.1. The van der Waals surface area contributed by atoms with Crippen LogP contribution in [-0.2, 0) is 16.1 Å². The molecule has 1 fully saturated rings. The molecule has 2 aromatic rings. The Morgan fingerprint density at radius 1 is 1.39 bits per heavy atom. The summed E-state index contributed by atoms with van der Waals surface area (Å²) in [5.41, 5.74) is 0.648. The van der Waals surface area contributed by atoms with Crippen LogP contribution >= 0.6 is 0 Å². The molecule has 0 saturated carbocycles. The fraction of sp³-hybridized carbons (Fsp3) is 0.471. The highest BCUT2D eigenvalue weighted by Crippen LogP contribution is 2.08. The summed E-state index contributed by atoms with van der Waals surface area (Å²) in [5.74, 6) is 0.127. The number of fused-ring (bicyclic) bond motifs is 1. The summed E-state index contributed by atoms with van der Waals surface area (Å²) in [5, 5.41) is 0.614.